The molecule has 1 aliphatic rings. The second kappa shape index (κ2) is 5.78. The van der Waals surface area contributed by atoms with Crippen LogP contribution in [0.2, 0.25) is 0 Å². The van der Waals surface area contributed by atoms with E-state index < -0.39 is 0 Å². The Morgan fingerprint density at radius 3 is 2.89 bits per heavy atom. The summed E-state index contributed by atoms with van der Waals surface area (Å²) >= 11 is 0. The van der Waals surface area contributed by atoms with Crippen molar-refractivity contribution in [2.75, 3.05) is 38.4 Å². The molecule has 0 saturated carbocycles. The molecule has 1 saturated heterocycles. The molecule has 1 aliphatic heterocycles. The maximum Gasteiger partial charge on any atom is 0.328 e. The highest BCUT2D eigenvalue weighted by Gasteiger charge is 2.30. The lowest BCUT2D eigenvalue weighted by Gasteiger charge is -2.19. The van der Waals surface area contributed by atoms with E-state index in [4.69, 9.17) is 9.26 Å². The Labute approximate surface area is 105 Å². The zero-order chi connectivity index (χ0) is 13.0. The van der Waals surface area contributed by atoms with E-state index in [9.17, 15) is 5.11 Å². The Balaban J connectivity index is 2.28. The molecule has 1 aromatic heterocycles. The fraction of sp³-hybridized carbons (Fsp3) is 0.700. The highest BCUT2D eigenvalue weighted by Crippen LogP contribution is 2.14. The highest BCUT2D eigenvalue weighted by molar-refractivity contribution is 5.71. The maximum atomic E-state index is 11.0. The smallest absolute Gasteiger partial charge is 0.328 e. The Morgan fingerprint density at radius 1 is 1.56 bits per heavy atom. The van der Waals surface area contributed by atoms with Gasteiger partial charge in [-0.2, -0.15) is 0 Å². The first-order chi connectivity index (χ1) is 8.72. The molecule has 2 heterocycles. The van der Waals surface area contributed by atoms with Gasteiger partial charge in [-0.3, -0.25) is 4.52 Å². The zero-order valence-electron chi connectivity index (χ0n) is 10.5. The zero-order valence-corrected chi connectivity index (χ0v) is 10.5. The molecule has 1 aromatic rings. The minimum atomic E-state index is -0.308. The van der Waals surface area contributed by atoms with E-state index in [1.165, 1.54) is 6.92 Å². The molecule has 0 amide bonds. The molecular formula is C10H17N5O3. The third-order valence-electron chi connectivity index (χ3n) is 2.55. The molecule has 0 aliphatic carbocycles. The number of hydrogen-bond donors (Lipinski definition) is 1. The summed E-state index contributed by atoms with van der Waals surface area (Å²) in [7, 11) is 1.81. The molecule has 0 spiro atoms. The fourth-order valence-electron chi connectivity index (χ4n) is 1.77. The fourth-order valence-corrected chi connectivity index (χ4v) is 1.77. The van der Waals surface area contributed by atoms with Crippen LogP contribution < -0.4 is 20.2 Å². The number of aliphatic imine (C=N–C) groups is 1. The molecule has 1 N–H and O–H groups in total. The molecule has 0 unspecified atom stereocenters. The quantitative estimate of drug-likeness (QED) is 0.382. The first-order valence-electron chi connectivity index (χ1n) is 5.83. The van der Waals surface area contributed by atoms with Crippen LogP contribution in [0.3, 0.4) is 0 Å². The van der Waals surface area contributed by atoms with Gasteiger partial charge in [-0.05, 0) is 19.9 Å². The van der Waals surface area contributed by atoms with Gasteiger partial charge in [0, 0.05) is 0 Å². The lowest BCUT2D eigenvalue weighted by molar-refractivity contribution is -0.765. The summed E-state index contributed by atoms with van der Waals surface area (Å²) in [4.78, 5) is 5.46. The van der Waals surface area contributed by atoms with E-state index in [1.54, 1.807) is 4.79 Å². The number of morpholine rings is 1. The number of rotatable bonds is 4. The summed E-state index contributed by atoms with van der Waals surface area (Å²) in [5.74, 6) is -0.0547. The van der Waals surface area contributed by atoms with Crippen molar-refractivity contribution in [3.05, 3.63) is 5.69 Å². The van der Waals surface area contributed by atoms with Gasteiger partial charge in [0.2, 0.25) is 5.27 Å². The summed E-state index contributed by atoms with van der Waals surface area (Å²) in [5.41, 5.74) is 0.731. The predicted octanol–water partition coefficient (Wildman–Crippen LogP) is -1.94. The topological polar surface area (TPSA) is 89.8 Å². The normalized spacial score (nSPS) is 17.2. The SMILES string of the molecule is CNCc1c(/N=C(/C)[O-])on[n+]1N1CCOCC1. The van der Waals surface area contributed by atoms with Gasteiger partial charge in [0.1, 0.15) is 0 Å². The number of hydrogen-bond acceptors (Lipinski definition) is 7. The van der Waals surface area contributed by atoms with E-state index in [-0.39, 0.29) is 11.8 Å². The molecule has 0 bridgehead atoms. The van der Waals surface area contributed by atoms with E-state index >= 15 is 0 Å². The highest BCUT2D eigenvalue weighted by atomic mass is 16.5. The van der Waals surface area contributed by atoms with E-state index in [1.807, 2.05) is 12.1 Å². The standard InChI is InChI=1S/C10H17N5O3/c1-8(16)12-10-9(7-11-2)15(13-18-10)14-3-5-17-6-4-14/h11H,3-7H2,1-2H3. The summed E-state index contributed by atoms with van der Waals surface area (Å²) < 4.78 is 10.4. The van der Waals surface area contributed by atoms with Gasteiger partial charge >= 0.3 is 11.6 Å². The Kier molecular flexibility index (Phi) is 4.11. The van der Waals surface area contributed by atoms with Crippen molar-refractivity contribution in [1.82, 2.24) is 10.6 Å². The predicted molar refractivity (Wildman–Crippen MR) is 61.0 cm³/mol. The van der Waals surface area contributed by atoms with E-state index in [0.717, 1.165) is 18.8 Å². The molecule has 0 aromatic carbocycles. The molecule has 8 nitrogen and oxygen atoms in total. The third kappa shape index (κ3) is 2.77. The number of nitrogens with zero attached hydrogens (tertiary/aromatic N) is 4. The van der Waals surface area contributed by atoms with Crippen molar-refractivity contribution in [2.24, 2.45) is 4.99 Å². The van der Waals surface area contributed by atoms with Crippen LogP contribution in [0.5, 0.6) is 0 Å². The van der Waals surface area contributed by atoms with E-state index in [0.29, 0.717) is 19.8 Å². The van der Waals surface area contributed by atoms with Gasteiger partial charge in [-0.1, -0.05) is 0 Å². The first-order valence-corrected chi connectivity index (χ1v) is 5.83. The van der Waals surface area contributed by atoms with Crippen molar-refractivity contribution in [2.45, 2.75) is 13.5 Å². The second-order valence-electron chi connectivity index (χ2n) is 3.94. The van der Waals surface area contributed by atoms with Gasteiger partial charge in [0.05, 0.1) is 37.6 Å². The molecule has 8 heteroatoms. The van der Waals surface area contributed by atoms with Crippen LogP contribution in [0, 0.1) is 0 Å². The lowest BCUT2D eigenvalue weighted by Crippen LogP contribution is -2.65. The number of ether oxygens (including phenoxy) is 1. The van der Waals surface area contributed by atoms with Crippen molar-refractivity contribution < 1.29 is 19.2 Å². The minimum absolute atomic E-state index is 0.253. The van der Waals surface area contributed by atoms with Crippen LogP contribution in [0.15, 0.2) is 9.52 Å². The van der Waals surface area contributed by atoms with Crippen molar-refractivity contribution in [1.29, 1.82) is 0 Å². The molecule has 0 radical (unpaired) electrons. The third-order valence-corrected chi connectivity index (χ3v) is 2.55. The minimum Gasteiger partial charge on any atom is -0.862 e. The van der Waals surface area contributed by atoms with Crippen molar-refractivity contribution in [3.63, 3.8) is 0 Å². The second-order valence-corrected chi connectivity index (χ2v) is 3.94. The Morgan fingerprint density at radius 2 is 2.28 bits per heavy atom. The van der Waals surface area contributed by atoms with Crippen molar-refractivity contribution in [3.8, 4) is 0 Å². The maximum absolute atomic E-state index is 11.0. The molecular weight excluding hydrogens is 238 g/mol. The molecule has 1 fully saturated rings. The average Bonchev–Trinajstić information content (AvgIpc) is 2.73. The van der Waals surface area contributed by atoms with Crippen molar-refractivity contribution >= 4 is 11.8 Å². The first kappa shape index (κ1) is 12.8. The molecule has 0 atom stereocenters. The summed E-state index contributed by atoms with van der Waals surface area (Å²) in [5, 5.41) is 20.0. The van der Waals surface area contributed by atoms with E-state index in [2.05, 4.69) is 15.6 Å². The Hall–Kier alpha value is -1.67. The van der Waals surface area contributed by atoms with Crippen LogP contribution in [0.1, 0.15) is 12.6 Å². The Bertz CT molecular complexity index is 421. The number of aromatic nitrogens is 2. The molecule has 18 heavy (non-hydrogen) atoms. The van der Waals surface area contributed by atoms with Crippen LogP contribution in [0.25, 0.3) is 0 Å². The van der Waals surface area contributed by atoms with Crippen LogP contribution >= 0.6 is 0 Å². The van der Waals surface area contributed by atoms with Crippen LogP contribution in [-0.2, 0) is 11.3 Å². The number of nitrogens with one attached hydrogen (secondary N) is 1. The summed E-state index contributed by atoms with van der Waals surface area (Å²) in [6, 6.07) is 0. The van der Waals surface area contributed by atoms with Gasteiger partial charge in [-0.15, -0.1) is 5.01 Å². The lowest BCUT2D eigenvalue weighted by atomic mass is 10.4. The largest absolute Gasteiger partial charge is 0.862 e. The van der Waals surface area contributed by atoms with Gasteiger partial charge < -0.3 is 15.2 Å². The summed E-state index contributed by atoms with van der Waals surface area (Å²) in [6.45, 7) is 4.66. The average molecular weight is 255 g/mol. The van der Waals surface area contributed by atoms with Crippen LogP contribution in [-0.4, -0.2) is 44.5 Å². The van der Waals surface area contributed by atoms with Gasteiger partial charge in [0.25, 0.3) is 0 Å². The monoisotopic (exact) mass is 255 g/mol. The molecule has 100 valence electrons. The van der Waals surface area contributed by atoms with Crippen LogP contribution in [0.4, 0.5) is 5.88 Å². The summed E-state index contributed by atoms with van der Waals surface area (Å²) in [6.07, 6.45) is 0. The van der Waals surface area contributed by atoms with Gasteiger partial charge in [-0.25, -0.2) is 4.99 Å². The molecule has 2 rings (SSSR count). The van der Waals surface area contributed by atoms with Gasteiger partial charge in [0.15, 0.2) is 0 Å².